The van der Waals surface area contributed by atoms with Crippen molar-refractivity contribution in [1.29, 1.82) is 0 Å². The third-order valence-corrected chi connectivity index (χ3v) is 3.56. The Hall–Kier alpha value is -2.01. The molecule has 0 saturated heterocycles. The Bertz CT molecular complexity index is 614. The van der Waals surface area contributed by atoms with Gasteiger partial charge in [0.25, 0.3) is 5.91 Å². The fraction of sp³-hybridized carbons (Fsp3) is 0.235. The van der Waals surface area contributed by atoms with E-state index in [1.165, 1.54) is 0 Å². The van der Waals surface area contributed by atoms with Crippen LogP contribution in [0.2, 0.25) is 0 Å². The van der Waals surface area contributed by atoms with Crippen molar-refractivity contribution < 1.29 is 14.3 Å². The van der Waals surface area contributed by atoms with Gasteiger partial charge < -0.3 is 14.8 Å². The SMILES string of the molecule is Cc1ccc(OCC(=O)NCCOc2ccccc2Br)cc1. The molecular formula is C17H18BrNO3. The molecule has 0 saturated carbocycles. The minimum Gasteiger partial charge on any atom is -0.491 e. The van der Waals surface area contributed by atoms with Gasteiger partial charge in [0, 0.05) is 0 Å². The number of carbonyl (C=O) groups excluding carboxylic acids is 1. The smallest absolute Gasteiger partial charge is 0.258 e. The first-order valence-electron chi connectivity index (χ1n) is 6.98. The maximum Gasteiger partial charge on any atom is 0.258 e. The summed E-state index contributed by atoms with van der Waals surface area (Å²) < 4.78 is 11.9. The van der Waals surface area contributed by atoms with Crippen LogP contribution in [0, 0.1) is 6.92 Å². The predicted molar refractivity (Wildman–Crippen MR) is 89.3 cm³/mol. The highest BCUT2D eigenvalue weighted by atomic mass is 79.9. The number of halogens is 1. The summed E-state index contributed by atoms with van der Waals surface area (Å²) in [7, 11) is 0. The second-order valence-electron chi connectivity index (χ2n) is 4.73. The summed E-state index contributed by atoms with van der Waals surface area (Å²) in [5.74, 6) is 1.27. The third kappa shape index (κ3) is 5.41. The first-order chi connectivity index (χ1) is 10.6. The van der Waals surface area contributed by atoms with E-state index in [0.29, 0.717) is 18.9 Å². The van der Waals surface area contributed by atoms with Crippen LogP contribution in [-0.4, -0.2) is 25.7 Å². The second kappa shape index (κ2) is 8.44. The molecule has 1 N–H and O–H groups in total. The van der Waals surface area contributed by atoms with Crippen LogP contribution >= 0.6 is 15.9 Å². The molecule has 4 nitrogen and oxygen atoms in total. The van der Waals surface area contributed by atoms with Gasteiger partial charge in [0.2, 0.25) is 0 Å². The highest BCUT2D eigenvalue weighted by molar-refractivity contribution is 9.10. The maximum absolute atomic E-state index is 11.7. The van der Waals surface area contributed by atoms with Crippen molar-refractivity contribution in [2.24, 2.45) is 0 Å². The molecule has 2 aromatic rings. The van der Waals surface area contributed by atoms with E-state index >= 15 is 0 Å². The minimum atomic E-state index is -0.170. The number of benzene rings is 2. The average molecular weight is 364 g/mol. The van der Waals surface area contributed by atoms with E-state index in [9.17, 15) is 4.79 Å². The van der Waals surface area contributed by atoms with Gasteiger partial charge in [-0.2, -0.15) is 0 Å². The number of carbonyl (C=O) groups is 1. The molecule has 0 bridgehead atoms. The number of rotatable bonds is 7. The van der Waals surface area contributed by atoms with Crippen molar-refractivity contribution in [3.8, 4) is 11.5 Å². The molecule has 0 aliphatic rings. The van der Waals surface area contributed by atoms with Crippen molar-refractivity contribution in [2.45, 2.75) is 6.92 Å². The molecule has 0 unspecified atom stereocenters. The molecular weight excluding hydrogens is 346 g/mol. The molecule has 0 atom stereocenters. The maximum atomic E-state index is 11.7. The Morgan fingerprint density at radius 1 is 1.09 bits per heavy atom. The number of ether oxygens (including phenoxy) is 2. The molecule has 0 spiro atoms. The molecule has 0 aliphatic carbocycles. The summed E-state index contributed by atoms with van der Waals surface area (Å²) in [4.78, 5) is 11.7. The van der Waals surface area contributed by atoms with Gasteiger partial charge in [0.15, 0.2) is 6.61 Å². The first kappa shape index (κ1) is 16.4. The molecule has 22 heavy (non-hydrogen) atoms. The summed E-state index contributed by atoms with van der Waals surface area (Å²) in [6.07, 6.45) is 0. The first-order valence-corrected chi connectivity index (χ1v) is 7.78. The van der Waals surface area contributed by atoms with Gasteiger partial charge in [-0.15, -0.1) is 0 Å². The summed E-state index contributed by atoms with van der Waals surface area (Å²) in [6, 6.07) is 15.2. The van der Waals surface area contributed by atoms with Gasteiger partial charge in [-0.3, -0.25) is 4.79 Å². The largest absolute Gasteiger partial charge is 0.491 e. The lowest BCUT2D eigenvalue weighted by Gasteiger charge is -2.10. The summed E-state index contributed by atoms with van der Waals surface area (Å²) in [5.41, 5.74) is 1.15. The number of hydrogen-bond donors (Lipinski definition) is 1. The molecule has 0 fully saturated rings. The fourth-order valence-electron chi connectivity index (χ4n) is 1.75. The fourth-order valence-corrected chi connectivity index (χ4v) is 2.15. The molecule has 1 amide bonds. The van der Waals surface area contributed by atoms with Gasteiger partial charge in [-0.25, -0.2) is 0 Å². The Morgan fingerprint density at radius 3 is 2.55 bits per heavy atom. The van der Waals surface area contributed by atoms with Crippen LogP contribution in [0.3, 0.4) is 0 Å². The van der Waals surface area contributed by atoms with Crippen LogP contribution in [0.15, 0.2) is 53.0 Å². The molecule has 2 aromatic carbocycles. The van der Waals surface area contributed by atoms with Crippen molar-refractivity contribution in [3.05, 3.63) is 58.6 Å². The van der Waals surface area contributed by atoms with E-state index in [1.54, 1.807) is 0 Å². The van der Waals surface area contributed by atoms with Crippen LogP contribution in [0.5, 0.6) is 11.5 Å². The molecule has 0 aliphatic heterocycles. The molecule has 5 heteroatoms. The number of hydrogen-bond acceptors (Lipinski definition) is 3. The van der Waals surface area contributed by atoms with Gasteiger partial charge in [-0.05, 0) is 47.1 Å². The lowest BCUT2D eigenvalue weighted by molar-refractivity contribution is -0.123. The molecule has 2 rings (SSSR count). The van der Waals surface area contributed by atoms with E-state index in [2.05, 4.69) is 21.2 Å². The van der Waals surface area contributed by atoms with Gasteiger partial charge in [0.05, 0.1) is 11.0 Å². The zero-order chi connectivity index (χ0) is 15.8. The van der Waals surface area contributed by atoms with Crippen molar-refractivity contribution in [3.63, 3.8) is 0 Å². The molecule has 0 radical (unpaired) electrons. The van der Waals surface area contributed by atoms with Gasteiger partial charge >= 0.3 is 0 Å². The topological polar surface area (TPSA) is 47.6 Å². The number of para-hydroxylation sites is 1. The Labute approximate surface area is 138 Å². The Morgan fingerprint density at radius 2 is 1.82 bits per heavy atom. The van der Waals surface area contributed by atoms with E-state index in [1.807, 2.05) is 55.5 Å². The van der Waals surface area contributed by atoms with Crippen molar-refractivity contribution >= 4 is 21.8 Å². The molecule has 0 heterocycles. The van der Waals surface area contributed by atoms with Crippen LogP contribution in [0.4, 0.5) is 0 Å². The van der Waals surface area contributed by atoms with Crippen LogP contribution < -0.4 is 14.8 Å². The summed E-state index contributed by atoms with van der Waals surface area (Å²) >= 11 is 3.40. The third-order valence-electron chi connectivity index (χ3n) is 2.91. The van der Waals surface area contributed by atoms with Gasteiger partial charge in [-0.1, -0.05) is 29.8 Å². The molecule has 0 aromatic heterocycles. The standard InChI is InChI=1S/C17H18BrNO3/c1-13-6-8-14(9-7-13)22-12-17(20)19-10-11-21-16-5-3-2-4-15(16)18/h2-9H,10-12H2,1H3,(H,19,20). The number of amides is 1. The van der Waals surface area contributed by atoms with E-state index < -0.39 is 0 Å². The monoisotopic (exact) mass is 363 g/mol. The lowest BCUT2D eigenvalue weighted by atomic mass is 10.2. The predicted octanol–water partition coefficient (Wildman–Crippen LogP) is 3.33. The average Bonchev–Trinajstić information content (AvgIpc) is 2.52. The van der Waals surface area contributed by atoms with Crippen LogP contribution in [0.25, 0.3) is 0 Å². The number of aryl methyl sites for hydroxylation is 1. The highest BCUT2D eigenvalue weighted by Gasteiger charge is 2.03. The highest BCUT2D eigenvalue weighted by Crippen LogP contribution is 2.23. The van der Waals surface area contributed by atoms with Crippen LogP contribution in [0.1, 0.15) is 5.56 Å². The normalized spacial score (nSPS) is 10.1. The summed E-state index contributed by atoms with van der Waals surface area (Å²) in [6.45, 7) is 2.83. The lowest BCUT2D eigenvalue weighted by Crippen LogP contribution is -2.32. The van der Waals surface area contributed by atoms with E-state index in [0.717, 1.165) is 15.8 Å². The zero-order valence-corrected chi connectivity index (χ0v) is 13.9. The second-order valence-corrected chi connectivity index (χ2v) is 5.58. The van der Waals surface area contributed by atoms with Crippen molar-refractivity contribution in [2.75, 3.05) is 19.8 Å². The van der Waals surface area contributed by atoms with E-state index in [-0.39, 0.29) is 12.5 Å². The Balaban J connectivity index is 1.64. The molecule has 116 valence electrons. The van der Waals surface area contributed by atoms with Crippen molar-refractivity contribution in [1.82, 2.24) is 5.32 Å². The minimum absolute atomic E-state index is 0.00189. The van der Waals surface area contributed by atoms with E-state index in [4.69, 9.17) is 9.47 Å². The van der Waals surface area contributed by atoms with Crippen LogP contribution in [-0.2, 0) is 4.79 Å². The number of nitrogens with one attached hydrogen (secondary N) is 1. The Kier molecular flexibility index (Phi) is 6.27. The quantitative estimate of drug-likeness (QED) is 0.767. The zero-order valence-electron chi connectivity index (χ0n) is 12.3. The summed E-state index contributed by atoms with van der Waals surface area (Å²) in [5, 5.41) is 2.75. The van der Waals surface area contributed by atoms with Gasteiger partial charge in [0.1, 0.15) is 18.1 Å².